The van der Waals surface area contributed by atoms with E-state index in [2.05, 4.69) is 13.2 Å². The highest BCUT2D eigenvalue weighted by Crippen LogP contribution is 1.90. The van der Waals surface area contributed by atoms with Gasteiger partial charge in [-0.2, -0.15) is 0 Å². The number of aliphatic hydroxyl groups is 2. The fraction of sp³-hybridized carbons (Fsp3) is 0.875. The van der Waals surface area contributed by atoms with Crippen LogP contribution in [-0.2, 0) is 99.6 Å². The van der Waals surface area contributed by atoms with Gasteiger partial charge in [0.1, 0.15) is 0 Å². The van der Waals surface area contributed by atoms with E-state index in [0.29, 0.717) is 251 Å². The summed E-state index contributed by atoms with van der Waals surface area (Å²) >= 11 is 0. The van der Waals surface area contributed by atoms with Crippen LogP contribution in [-0.4, -0.2) is 297 Å². The molecule has 25 heteroatoms. The summed E-state index contributed by atoms with van der Waals surface area (Å²) in [7, 11) is 0. The van der Waals surface area contributed by atoms with E-state index in [1.807, 2.05) is 0 Å². The van der Waals surface area contributed by atoms with Crippen molar-refractivity contribution in [3.63, 3.8) is 0 Å². The highest BCUT2D eigenvalue weighted by molar-refractivity contribution is 5.85. The van der Waals surface area contributed by atoms with Gasteiger partial charge in [0.05, 0.1) is 264 Å². The van der Waals surface area contributed by atoms with Gasteiger partial charge >= 0.3 is 11.9 Å². The summed E-state index contributed by atoms with van der Waals surface area (Å²) in [6.45, 7) is 27.6. The third kappa shape index (κ3) is 78.6. The van der Waals surface area contributed by atoms with Gasteiger partial charge in [-0.15, -0.1) is 0 Å². The van der Waals surface area contributed by atoms with Gasteiger partial charge < -0.3 is 110 Å². The molecule has 0 bridgehead atoms. The number of carboxylic acids is 2. The lowest BCUT2D eigenvalue weighted by Gasteiger charge is -2.09. The van der Waals surface area contributed by atoms with Crippen molar-refractivity contribution < 1.29 is 120 Å². The largest absolute Gasteiger partial charge is 0.478 e. The molecule has 73 heavy (non-hydrogen) atoms. The molecule has 0 amide bonds. The second-order valence-corrected chi connectivity index (χ2v) is 14.3. The maximum Gasteiger partial charge on any atom is 0.330 e. The fourth-order valence-corrected chi connectivity index (χ4v) is 4.19. The molecule has 0 atom stereocenters. The molecule has 25 nitrogen and oxygen atoms in total. The van der Waals surface area contributed by atoms with Crippen molar-refractivity contribution in [2.24, 2.45) is 0 Å². The normalized spacial score (nSPS) is 11.0. The molecule has 0 aromatic carbocycles. The molecule has 0 heterocycles. The van der Waals surface area contributed by atoms with Crippen LogP contribution in [0, 0.1) is 0 Å². The highest BCUT2D eigenvalue weighted by Gasteiger charge is 1.99. The SMILES string of the molecule is C=C(C)C(=O)O.C=C(C)C(=O)O.OCCOCCOCCOCCOCCOCCOCCOCCOCCOCCOCCOCCOCCOCCOCCOCCOCCOCCOCCOCCO. The standard InChI is InChI=1S/C40H82O21.2C4H6O2/c41-1-3-43-5-7-45-9-11-47-13-15-49-17-19-51-21-23-53-25-27-55-29-31-57-33-35-59-37-39-61-40-38-60-36-34-58-32-30-56-28-26-54-24-22-52-20-18-50-16-14-48-12-10-46-8-6-44-4-2-42;2*1-3(2)4(5)6/h41-42H,1-40H2;2*1H2,2H3,(H,5,6). The third-order valence-electron chi connectivity index (χ3n) is 7.90. The molecular weight excluding hydrogens is 977 g/mol. The topological polar surface area (TPSA) is 290 Å². The lowest BCUT2D eigenvalue weighted by atomic mass is 10.4. The monoisotopic (exact) mass is 1070 g/mol. The number of carboxylic acid groups (broad SMARTS) is 2. The van der Waals surface area contributed by atoms with E-state index >= 15 is 0 Å². The van der Waals surface area contributed by atoms with Crippen molar-refractivity contribution in [1.82, 2.24) is 0 Å². The Morgan fingerprint density at radius 2 is 0.301 bits per heavy atom. The molecule has 0 unspecified atom stereocenters. The highest BCUT2D eigenvalue weighted by atomic mass is 16.6. The van der Waals surface area contributed by atoms with Crippen molar-refractivity contribution in [3.8, 4) is 0 Å². The number of carbonyl (C=O) groups is 2. The van der Waals surface area contributed by atoms with Crippen LogP contribution in [0.1, 0.15) is 13.8 Å². The molecule has 0 spiro atoms. The fourth-order valence-electron chi connectivity index (χ4n) is 4.19. The number of aliphatic carboxylic acids is 2. The molecule has 0 aliphatic heterocycles. The van der Waals surface area contributed by atoms with Crippen molar-refractivity contribution in [3.05, 3.63) is 24.3 Å². The molecule has 0 aliphatic carbocycles. The van der Waals surface area contributed by atoms with E-state index in [9.17, 15) is 9.59 Å². The zero-order valence-electron chi connectivity index (χ0n) is 44.1. The molecule has 0 saturated carbocycles. The molecule has 436 valence electrons. The van der Waals surface area contributed by atoms with Crippen molar-refractivity contribution >= 4 is 11.9 Å². The van der Waals surface area contributed by atoms with Gasteiger partial charge in [0, 0.05) is 11.1 Å². The van der Waals surface area contributed by atoms with Crippen LogP contribution in [0.3, 0.4) is 0 Å². The molecule has 4 N–H and O–H groups in total. The third-order valence-corrected chi connectivity index (χ3v) is 7.90. The molecule has 0 aromatic heterocycles. The van der Waals surface area contributed by atoms with Gasteiger partial charge in [0.15, 0.2) is 0 Å². The average Bonchev–Trinajstić information content (AvgIpc) is 3.37. The average molecular weight is 1070 g/mol. The first-order valence-corrected chi connectivity index (χ1v) is 24.7. The Labute approximate surface area is 433 Å². The number of ether oxygens (including phenoxy) is 19. The number of rotatable bonds is 60. The van der Waals surface area contributed by atoms with Crippen LogP contribution in [0.2, 0.25) is 0 Å². The predicted molar refractivity (Wildman–Crippen MR) is 265 cm³/mol. The maximum absolute atomic E-state index is 9.60. The summed E-state index contributed by atoms with van der Waals surface area (Å²) in [5.41, 5.74) is 0.352. The van der Waals surface area contributed by atoms with Crippen LogP contribution < -0.4 is 0 Å². The van der Waals surface area contributed by atoms with Gasteiger partial charge in [0.2, 0.25) is 0 Å². The van der Waals surface area contributed by atoms with Crippen LogP contribution in [0.25, 0.3) is 0 Å². The number of aliphatic hydroxyl groups excluding tert-OH is 2. The minimum atomic E-state index is -0.935. The van der Waals surface area contributed by atoms with Gasteiger partial charge in [0.25, 0.3) is 0 Å². The summed E-state index contributed by atoms with van der Waals surface area (Å²) in [5, 5.41) is 33.0. The van der Waals surface area contributed by atoms with Crippen LogP contribution in [0.4, 0.5) is 0 Å². The summed E-state index contributed by atoms with van der Waals surface area (Å²) in [6.07, 6.45) is 0. The second-order valence-electron chi connectivity index (χ2n) is 14.3. The molecule has 0 fully saturated rings. The maximum atomic E-state index is 9.60. The van der Waals surface area contributed by atoms with E-state index in [0.717, 1.165) is 0 Å². The Morgan fingerprint density at radius 1 is 0.233 bits per heavy atom. The quantitative estimate of drug-likeness (QED) is 0.0479. The predicted octanol–water partition coefficient (Wildman–Crippen LogP) is 0.581. The van der Waals surface area contributed by atoms with Crippen molar-refractivity contribution in [2.75, 3.05) is 264 Å². The molecule has 0 rings (SSSR count). The lowest BCUT2D eigenvalue weighted by molar-refractivity contribution is -0.133. The first kappa shape index (κ1) is 74.8. The summed E-state index contributed by atoms with van der Waals surface area (Å²) < 4.78 is 103. The summed E-state index contributed by atoms with van der Waals surface area (Å²) in [6, 6.07) is 0. The summed E-state index contributed by atoms with van der Waals surface area (Å²) in [4.78, 5) is 19.2. The number of hydrogen-bond acceptors (Lipinski definition) is 23. The molecule has 0 aromatic rings. The lowest BCUT2D eigenvalue weighted by Crippen LogP contribution is -2.16. The smallest absolute Gasteiger partial charge is 0.330 e. The minimum Gasteiger partial charge on any atom is -0.478 e. The Bertz CT molecular complexity index is 1000. The van der Waals surface area contributed by atoms with E-state index in [4.69, 9.17) is 110 Å². The first-order valence-electron chi connectivity index (χ1n) is 24.7. The van der Waals surface area contributed by atoms with Crippen molar-refractivity contribution in [2.45, 2.75) is 13.8 Å². The van der Waals surface area contributed by atoms with Gasteiger partial charge in [-0.1, -0.05) is 13.2 Å². The molecular formula is C48H94O25. The minimum absolute atomic E-state index is 0.0196. The van der Waals surface area contributed by atoms with Gasteiger partial charge in [-0.05, 0) is 13.8 Å². The van der Waals surface area contributed by atoms with Gasteiger partial charge in [-0.25, -0.2) is 9.59 Å². The van der Waals surface area contributed by atoms with Crippen LogP contribution in [0.5, 0.6) is 0 Å². The van der Waals surface area contributed by atoms with Crippen LogP contribution >= 0.6 is 0 Å². The molecule has 0 saturated heterocycles. The van der Waals surface area contributed by atoms with E-state index in [-0.39, 0.29) is 24.4 Å². The van der Waals surface area contributed by atoms with E-state index in [1.165, 1.54) is 13.8 Å². The van der Waals surface area contributed by atoms with Gasteiger partial charge in [-0.3, -0.25) is 0 Å². The molecule has 0 radical (unpaired) electrons. The Kier molecular flexibility index (Phi) is 71.3. The zero-order valence-corrected chi connectivity index (χ0v) is 44.1. The first-order chi connectivity index (χ1) is 35.7. The Morgan fingerprint density at radius 3 is 0.356 bits per heavy atom. The number of hydrogen-bond donors (Lipinski definition) is 4. The van der Waals surface area contributed by atoms with Crippen molar-refractivity contribution in [1.29, 1.82) is 0 Å². The van der Waals surface area contributed by atoms with E-state index in [1.54, 1.807) is 0 Å². The Hall–Kier alpha value is -2.42. The Balaban J connectivity index is -0.00000360. The van der Waals surface area contributed by atoms with Crippen LogP contribution in [0.15, 0.2) is 24.3 Å². The second kappa shape index (κ2) is 69.6. The molecule has 0 aliphatic rings. The zero-order chi connectivity index (χ0) is 54.0. The van der Waals surface area contributed by atoms with E-state index < -0.39 is 11.9 Å². The summed E-state index contributed by atoms with van der Waals surface area (Å²) in [5.74, 6) is -1.87.